The maximum absolute atomic E-state index is 15.0. The van der Waals surface area contributed by atoms with Crippen LogP contribution in [0.1, 0.15) is 74.3 Å². The molecule has 147 heavy (non-hydrogen) atoms. The number of nitrogens with zero attached hydrogens (tertiary/aromatic N) is 20. The molecule has 0 aliphatic carbocycles. The topological polar surface area (TPSA) is 313 Å². The summed E-state index contributed by atoms with van der Waals surface area (Å²) < 4.78 is 67.4. The van der Waals surface area contributed by atoms with Gasteiger partial charge in [-0.25, -0.2) is 67.6 Å². The predicted octanol–water partition coefficient (Wildman–Crippen LogP) is 16.5. The molecule has 0 radical (unpaired) electrons. The van der Waals surface area contributed by atoms with E-state index in [1.54, 1.807) is 70.2 Å². The van der Waals surface area contributed by atoms with Gasteiger partial charge in [-0.2, -0.15) is 0 Å². The van der Waals surface area contributed by atoms with E-state index in [1.807, 2.05) is 105 Å². The third kappa shape index (κ3) is 21.1. The van der Waals surface area contributed by atoms with Gasteiger partial charge in [0.1, 0.15) is 56.5 Å². The summed E-state index contributed by atoms with van der Waals surface area (Å²) in [6.45, 7) is 29.6. The molecule has 20 heterocycles. The van der Waals surface area contributed by atoms with Crippen molar-refractivity contribution in [3.63, 3.8) is 0 Å². The Bertz CT molecular complexity index is 8590. The zero-order valence-corrected chi connectivity index (χ0v) is 83.7. The number of pyridine rings is 3. The van der Waals surface area contributed by atoms with E-state index in [0.717, 1.165) is 237 Å². The van der Waals surface area contributed by atoms with Gasteiger partial charge in [0.15, 0.2) is 0 Å². The van der Waals surface area contributed by atoms with Gasteiger partial charge in [0, 0.05) is 254 Å². The third-order valence-corrected chi connectivity index (χ3v) is 28.2. The predicted molar refractivity (Wildman–Crippen MR) is 574 cm³/mol. The zero-order chi connectivity index (χ0) is 101. The molecule has 15 aromatic heterocycles. The van der Waals surface area contributed by atoms with Crippen molar-refractivity contribution in [1.82, 2.24) is 82.2 Å². The SMILES string of the molecule is CCc1cc(C)cn2cc(-c3cc4ccc(N5CCCN(C)CC5)cc4oc3=O)nc12.CCc1cc(C)cn2cc(-c3cc4ccc(N5CCNCC5)cc4oc3=O)nc12.CCc1ccc2nc(-c3cc4ccc(N5CCCN(C)CC5)cc4oc3=O)cn2c1.CN1CCCN(c2cc(F)c3cc(-c4cn5cccnc5n4)c(=O)oc3c2)CC1.O=c1oc2cc(N3CCCNCC3)cc(F)c2cc1-c1cn2cccnc2n1. The van der Waals surface area contributed by atoms with E-state index in [0.29, 0.717) is 73.5 Å². The highest BCUT2D eigenvalue weighted by Gasteiger charge is 2.27. The molecular formula is C113H116F2N22O10. The normalized spacial score (nSPS) is 15.5. The molecule has 0 amide bonds. The van der Waals surface area contributed by atoms with Gasteiger partial charge < -0.3 is 85.1 Å². The second-order valence-electron chi connectivity index (χ2n) is 38.5. The molecule has 0 atom stereocenters. The van der Waals surface area contributed by atoms with Crippen LogP contribution in [0.5, 0.6) is 0 Å². The van der Waals surface area contributed by atoms with Crippen molar-refractivity contribution in [1.29, 1.82) is 0 Å². The average molecular weight is 1980 g/mol. The number of aromatic nitrogens is 12. The van der Waals surface area contributed by atoms with Gasteiger partial charge >= 0.3 is 28.1 Å². The number of fused-ring (bicyclic) bond motifs is 10. The van der Waals surface area contributed by atoms with Gasteiger partial charge in [-0.3, -0.25) is 8.80 Å². The molecule has 2 N–H and O–H groups in total. The van der Waals surface area contributed by atoms with E-state index in [4.69, 9.17) is 32.1 Å². The molecule has 5 aliphatic rings. The Morgan fingerprint density at radius 2 is 0.680 bits per heavy atom. The van der Waals surface area contributed by atoms with Gasteiger partial charge in [-0.1, -0.05) is 39.0 Å². The number of halogens is 2. The van der Waals surface area contributed by atoms with Crippen LogP contribution >= 0.6 is 0 Å². The first-order valence-electron chi connectivity index (χ1n) is 50.6. The molecule has 32 nitrogen and oxygen atoms in total. The summed E-state index contributed by atoms with van der Waals surface area (Å²) in [7, 11) is 6.40. The lowest BCUT2D eigenvalue weighted by Gasteiger charge is -2.29. The monoisotopic (exact) mass is 1980 g/mol. The minimum Gasteiger partial charge on any atom is -0.422 e. The largest absolute Gasteiger partial charge is 0.422 e. The fraction of sp³-hybridized carbons (Fsp3) is 0.310. The lowest BCUT2D eigenvalue weighted by Crippen LogP contribution is -2.43. The zero-order valence-electron chi connectivity index (χ0n) is 83.7. The summed E-state index contributed by atoms with van der Waals surface area (Å²) in [5.74, 6) is 0.0881. The maximum atomic E-state index is 15.0. The van der Waals surface area contributed by atoms with Crippen LogP contribution in [0.15, 0.2) is 266 Å². The number of rotatable bonds is 13. The Morgan fingerprint density at radius 3 is 1.10 bits per heavy atom. The van der Waals surface area contributed by atoms with Crippen molar-refractivity contribution in [3.05, 3.63) is 312 Å². The summed E-state index contributed by atoms with van der Waals surface area (Å²) in [5.41, 5.74) is 18.1. The fourth-order valence-corrected chi connectivity index (χ4v) is 20.1. The van der Waals surface area contributed by atoms with Gasteiger partial charge in [0.25, 0.3) is 0 Å². The van der Waals surface area contributed by atoms with Crippen LogP contribution in [0, 0.1) is 25.5 Å². The van der Waals surface area contributed by atoms with Crippen molar-refractivity contribution in [3.8, 4) is 56.3 Å². The van der Waals surface area contributed by atoms with Gasteiger partial charge in [-0.15, -0.1) is 0 Å². The second kappa shape index (κ2) is 42.4. The lowest BCUT2D eigenvalue weighted by molar-refractivity contribution is 0.360. The van der Waals surface area contributed by atoms with Crippen molar-refractivity contribution in [2.75, 3.05) is 177 Å². The summed E-state index contributed by atoms with van der Waals surface area (Å²) in [5, 5.41) is 9.93. The van der Waals surface area contributed by atoms with Crippen LogP contribution < -0.4 is 63.3 Å². The Hall–Kier alpha value is -15.9. The summed E-state index contributed by atoms with van der Waals surface area (Å²) in [6.07, 6.45) is 29.0. The lowest BCUT2D eigenvalue weighted by atomic mass is 10.1. The highest BCUT2D eigenvalue weighted by atomic mass is 19.1. The van der Waals surface area contributed by atoms with Crippen LogP contribution in [-0.2, 0) is 19.3 Å². The minimum absolute atomic E-state index is 0.212. The van der Waals surface area contributed by atoms with E-state index in [-0.39, 0.29) is 49.9 Å². The van der Waals surface area contributed by atoms with Gasteiger partial charge in [0.2, 0.25) is 11.6 Å². The molecule has 0 unspecified atom stereocenters. The maximum Gasteiger partial charge on any atom is 0.345 e. The van der Waals surface area contributed by atoms with Crippen LogP contribution in [-0.4, -0.2) is 224 Å². The first-order valence-corrected chi connectivity index (χ1v) is 50.6. The number of benzene rings is 5. The number of anilines is 5. The van der Waals surface area contributed by atoms with E-state index in [2.05, 4.69) is 173 Å². The van der Waals surface area contributed by atoms with Crippen molar-refractivity contribution < 1.29 is 30.9 Å². The van der Waals surface area contributed by atoms with Crippen molar-refractivity contribution in [2.45, 2.75) is 79.6 Å². The molecule has 34 heteroatoms. The summed E-state index contributed by atoms with van der Waals surface area (Å²) >= 11 is 0. The molecule has 0 spiro atoms. The minimum atomic E-state index is -0.551. The summed E-state index contributed by atoms with van der Waals surface area (Å²) in [6, 6.07) is 45.5. The van der Waals surface area contributed by atoms with Gasteiger partial charge in [-0.05, 0) is 231 Å². The number of hydrogen-bond donors (Lipinski definition) is 2. The molecule has 0 bridgehead atoms. The van der Waals surface area contributed by atoms with Crippen LogP contribution in [0.4, 0.5) is 37.2 Å². The molecule has 5 aliphatic heterocycles. The van der Waals surface area contributed by atoms with E-state index in [1.165, 1.54) is 52.1 Å². The van der Waals surface area contributed by atoms with E-state index >= 15 is 0 Å². The third-order valence-electron chi connectivity index (χ3n) is 28.2. The smallest absolute Gasteiger partial charge is 0.345 e. The highest BCUT2D eigenvalue weighted by molar-refractivity contribution is 5.90. The molecule has 0 saturated carbocycles. The second-order valence-corrected chi connectivity index (χ2v) is 38.5. The number of imidazole rings is 5. The van der Waals surface area contributed by atoms with Crippen LogP contribution in [0.3, 0.4) is 0 Å². The molecule has 20 aromatic rings. The standard InChI is InChI=1S/C25H28N4O2.C24H26N4O2.C23H24N4O2.C21H20FN5O2.C20H18FN5O2/c1-4-18-12-17(2)15-29-16-22(26-24(18)29)21-13-19-6-7-20(14-23(19)31-25(21)30)28-9-5-8-27(3)10-11-28;1-3-17-5-8-23-25-21(16-28(23)15-17)20-13-18-6-7-19(14-22(18)30-24(20)29)27-10-4-9-26(2)11-12-27;1-3-16-10-15(2)13-27-14-20(25-22(16)27)19-11-17-4-5-18(12-21(17)29-23(19)28)26-8-6-24-7-9-26;1-25-5-3-7-26(9-8-25)14-10-17(22)15-12-16(20(28)29-19(15)11-14)18-13-27-6-2-4-23-21(27)24-18;21-16-9-13(25-6-1-3-22-5-8-25)10-18-14(16)11-15(19(27)28-18)17-12-26-7-2-4-23-20(26)24-17/h6-7,12-16H,4-5,8-11H2,1-3H3;5-8,13-16H,3-4,9-12H2,1-2H3;4-5,10-14,24H,3,6-9H2,1-2H3;2,4,6,10-13H,3,5,7-9H2,1H3;2,4,7,9-12,22H,1,3,5-6,8H2. The Kier molecular flexibility index (Phi) is 28.1. The van der Waals surface area contributed by atoms with Gasteiger partial charge in [0.05, 0.1) is 67.1 Å². The van der Waals surface area contributed by atoms with Crippen molar-refractivity contribution in [2.24, 2.45) is 0 Å². The molecule has 5 fully saturated rings. The number of nitrogens with one attached hydrogen (secondary N) is 2. The highest BCUT2D eigenvalue weighted by Crippen LogP contribution is 2.36. The Labute approximate surface area is 844 Å². The molecular weight excluding hydrogens is 1860 g/mol. The molecule has 752 valence electrons. The average Bonchev–Trinajstić information content (AvgIpc) is 1.76. The van der Waals surface area contributed by atoms with Crippen LogP contribution in [0.25, 0.3) is 140 Å². The van der Waals surface area contributed by atoms with E-state index < -0.39 is 22.9 Å². The Balaban J connectivity index is 0.000000108. The molecule has 5 aromatic carbocycles. The van der Waals surface area contributed by atoms with Crippen LogP contribution in [0.2, 0.25) is 0 Å². The van der Waals surface area contributed by atoms with Crippen molar-refractivity contribution >= 4 is 112 Å². The number of piperazine rings is 1. The summed E-state index contributed by atoms with van der Waals surface area (Å²) in [4.78, 5) is 113. The number of likely N-dealkylation sites (N-methyl/N-ethyl adjacent to an activating group) is 3. The Morgan fingerprint density at radius 1 is 0.320 bits per heavy atom. The molecule has 25 rings (SSSR count). The first-order chi connectivity index (χ1) is 71.5. The first kappa shape index (κ1) is 97.2. The quantitative estimate of drug-likeness (QED) is 0.101. The number of aryl methyl sites for hydroxylation is 5. The number of hydrogen-bond acceptors (Lipinski definition) is 27. The molecule has 5 saturated heterocycles. The van der Waals surface area contributed by atoms with E-state index in [9.17, 15) is 32.8 Å². The fourth-order valence-electron chi connectivity index (χ4n) is 20.1.